The monoisotopic (exact) mass is 345 g/mol. The topological polar surface area (TPSA) is 53.2 Å². The first-order valence-corrected chi connectivity index (χ1v) is 9.09. The summed E-state index contributed by atoms with van der Waals surface area (Å²) in [6.07, 6.45) is 9.60. The average molecular weight is 345 g/mol. The molecule has 0 bridgehead atoms. The van der Waals surface area contributed by atoms with E-state index in [4.69, 9.17) is 9.73 Å². The number of hydrogen-bond acceptors (Lipinski definition) is 2. The average Bonchev–Trinajstić information content (AvgIpc) is 3.37. The van der Waals surface area contributed by atoms with E-state index in [9.17, 15) is 0 Å². The summed E-state index contributed by atoms with van der Waals surface area (Å²) in [4.78, 5) is 11.6. The molecule has 3 heterocycles. The molecule has 0 saturated heterocycles. The van der Waals surface area contributed by atoms with Gasteiger partial charge in [0, 0.05) is 22.7 Å². The number of ether oxygens (including phenoxy) is 1. The van der Waals surface area contributed by atoms with Gasteiger partial charge in [-0.15, -0.1) is 0 Å². The number of para-hydroxylation sites is 1. The number of nitrogens with zero attached hydrogens (tertiary/aromatic N) is 1. The molecular weight excluding hydrogens is 322 g/mol. The minimum atomic E-state index is 0.816. The van der Waals surface area contributed by atoms with Gasteiger partial charge >= 0.3 is 0 Å². The van der Waals surface area contributed by atoms with E-state index in [1.165, 1.54) is 18.2 Å². The molecule has 4 heteroatoms. The summed E-state index contributed by atoms with van der Waals surface area (Å²) in [6.45, 7) is 2.20. The van der Waals surface area contributed by atoms with Gasteiger partial charge in [-0.2, -0.15) is 0 Å². The molecule has 0 aliphatic carbocycles. The van der Waals surface area contributed by atoms with Crippen LogP contribution in [0.4, 0.5) is 0 Å². The fraction of sp³-hybridized carbons (Fsp3) is 0.227. The maximum Gasteiger partial charge on any atom is 0.144 e. The number of methoxy groups -OCH3 is 1. The molecule has 3 aromatic rings. The van der Waals surface area contributed by atoms with E-state index in [2.05, 4.69) is 47.2 Å². The van der Waals surface area contributed by atoms with E-state index in [1.54, 1.807) is 7.11 Å². The van der Waals surface area contributed by atoms with Crippen molar-refractivity contribution in [3.63, 3.8) is 0 Å². The number of H-pyrrole nitrogens is 2. The van der Waals surface area contributed by atoms with Crippen molar-refractivity contribution in [3.8, 4) is 17.1 Å². The molecule has 1 aromatic carbocycles. The second-order valence-corrected chi connectivity index (χ2v) is 6.54. The molecule has 1 aliphatic rings. The Balaban J connectivity index is 1.65. The second kappa shape index (κ2) is 7.08. The third-order valence-corrected chi connectivity index (χ3v) is 4.65. The van der Waals surface area contributed by atoms with Crippen LogP contribution in [0.1, 0.15) is 31.9 Å². The van der Waals surface area contributed by atoms with Crippen LogP contribution in [-0.2, 0) is 0 Å². The maximum absolute atomic E-state index is 5.56. The highest BCUT2D eigenvalue weighted by Gasteiger charge is 2.12. The number of aromatic nitrogens is 2. The van der Waals surface area contributed by atoms with Gasteiger partial charge in [0.25, 0.3) is 0 Å². The van der Waals surface area contributed by atoms with Crippen molar-refractivity contribution < 1.29 is 4.74 Å². The van der Waals surface area contributed by atoms with Gasteiger partial charge < -0.3 is 14.7 Å². The summed E-state index contributed by atoms with van der Waals surface area (Å²) in [6, 6.07) is 12.4. The zero-order chi connectivity index (χ0) is 17.9. The van der Waals surface area contributed by atoms with Crippen LogP contribution in [0, 0.1) is 0 Å². The van der Waals surface area contributed by atoms with Crippen LogP contribution in [0.2, 0.25) is 0 Å². The highest BCUT2D eigenvalue weighted by Crippen LogP contribution is 2.31. The van der Waals surface area contributed by atoms with Crippen LogP contribution in [0.5, 0.6) is 5.75 Å². The molecule has 0 spiro atoms. The van der Waals surface area contributed by atoms with Crippen molar-refractivity contribution in [1.82, 2.24) is 9.97 Å². The Morgan fingerprint density at radius 2 is 1.92 bits per heavy atom. The van der Waals surface area contributed by atoms with Gasteiger partial charge in [-0.3, -0.25) is 4.99 Å². The van der Waals surface area contributed by atoms with Crippen molar-refractivity contribution in [1.29, 1.82) is 0 Å². The molecule has 26 heavy (non-hydrogen) atoms. The molecule has 0 unspecified atom stereocenters. The lowest BCUT2D eigenvalue weighted by molar-refractivity contribution is 0.414. The molecule has 0 saturated carbocycles. The highest BCUT2D eigenvalue weighted by atomic mass is 16.5. The second-order valence-electron chi connectivity index (χ2n) is 6.54. The molecule has 1 aliphatic heterocycles. The Morgan fingerprint density at radius 3 is 2.73 bits per heavy atom. The maximum atomic E-state index is 5.56. The van der Waals surface area contributed by atoms with Gasteiger partial charge in [0.2, 0.25) is 0 Å². The van der Waals surface area contributed by atoms with Crippen LogP contribution in [0.25, 0.3) is 28.4 Å². The first-order chi connectivity index (χ1) is 12.8. The Morgan fingerprint density at radius 1 is 1.08 bits per heavy atom. The van der Waals surface area contributed by atoms with E-state index in [-0.39, 0.29) is 0 Å². The quantitative estimate of drug-likeness (QED) is 0.590. The molecule has 0 fully saturated rings. The van der Waals surface area contributed by atoms with Gasteiger partial charge in [-0.1, -0.05) is 31.5 Å². The zero-order valence-corrected chi connectivity index (χ0v) is 15.2. The minimum Gasteiger partial charge on any atom is -0.494 e. The van der Waals surface area contributed by atoms with Crippen molar-refractivity contribution in [2.24, 2.45) is 4.99 Å². The Labute approximate surface area is 153 Å². The number of rotatable bonds is 6. The molecule has 0 radical (unpaired) electrons. The first kappa shape index (κ1) is 16.5. The van der Waals surface area contributed by atoms with Crippen molar-refractivity contribution in [3.05, 3.63) is 59.9 Å². The molecule has 4 rings (SSSR count). The van der Waals surface area contributed by atoms with Gasteiger partial charge in [-0.05, 0) is 43.2 Å². The fourth-order valence-corrected chi connectivity index (χ4v) is 3.24. The predicted molar refractivity (Wildman–Crippen MR) is 109 cm³/mol. The number of aromatic amines is 2. The van der Waals surface area contributed by atoms with E-state index < -0.39 is 0 Å². The summed E-state index contributed by atoms with van der Waals surface area (Å²) in [5.41, 5.74) is 6.21. The van der Waals surface area contributed by atoms with Crippen LogP contribution in [0.15, 0.2) is 59.2 Å². The smallest absolute Gasteiger partial charge is 0.144 e. The Kier molecular flexibility index (Phi) is 4.48. The van der Waals surface area contributed by atoms with Crippen LogP contribution >= 0.6 is 0 Å². The SMILES string of the molecule is CCCCC1=NC(=Cc2[nH]c(-c3cc4ccccc4[nH]3)cc2OC)C=C1. The molecule has 4 nitrogen and oxygen atoms in total. The lowest BCUT2D eigenvalue weighted by Crippen LogP contribution is -1.89. The number of allylic oxidation sites excluding steroid dienone is 2. The highest BCUT2D eigenvalue weighted by molar-refractivity contribution is 5.99. The summed E-state index contributed by atoms with van der Waals surface area (Å²) in [5.74, 6) is 0.816. The van der Waals surface area contributed by atoms with Crippen LogP contribution < -0.4 is 4.74 Å². The van der Waals surface area contributed by atoms with Crippen LogP contribution in [0.3, 0.4) is 0 Å². The molecule has 2 aromatic heterocycles. The molecule has 2 N–H and O–H groups in total. The third-order valence-electron chi connectivity index (χ3n) is 4.65. The number of unbranched alkanes of at least 4 members (excludes halogenated alkanes) is 1. The van der Waals surface area contributed by atoms with Crippen molar-refractivity contribution in [2.75, 3.05) is 7.11 Å². The van der Waals surface area contributed by atoms with E-state index in [1.807, 2.05) is 24.3 Å². The lowest BCUT2D eigenvalue weighted by atomic mass is 10.2. The number of hydrogen-bond donors (Lipinski definition) is 2. The summed E-state index contributed by atoms with van der Waals surface area (Å²) in [5, 5.41) is 1.19. The van der Waals surface area contributed by atoms with Crippen molar-refractivity contribution in [2.45, 2.75) is 26.2 Å². The van der Waals surface area contributed by atoms with Gasteiger partial charge in [0.05, 0.1) is 29.9 Å². The Hall–Kier alpha value is -3.01. The number of fused-ring (bicyclic) bond motifs is 1. The first-order valence-electron chi connectivity index (χ1n) is 9.09. The number of benzene rings is 1. The van der Waals surface area contributed by atoms with Gasteiger partial charge in [-0.25, -0.2) is 0 Å². The fourth-order valence-electron chi connectivity index (χ4n) is 3.24. The molecule has 132 valence electrons. The largest absolute Gasteiger partial charge is 0.494 e. The van der Waals surface area contributed by atoms with Gasteiger partial charge in [0.1, 0.15) is 5.75 Å². The third kappa shape index (κ3) is 3.23. The standard InChI is InChI=1S/C22H23N3O/c1-3-4-8-16-10-11-17(23-16)13-21-22(26-2)14-20(25-21)19-12-15-7-5-6-9-18(15)24-19/h5-7,9-14,24-25H,3-4,8H2,1-2H3. The minimum absolute atomic E-state index is 0.816. The molecule has 0 amide bonds. The van der Waals surface area contributed by atoms with Gasteiger partial charge in [0.15, 0.2) is 0 Å². The summed E-state index contributed by atoms with van der Waals surface area (Å²) < 4.78 is 5.56. The van der Waals surface area contributed by atoms with E-state index >= 15 is 0 Å². The molecular formula is C22H23N3O. The van der Waals surface area contributed by atoms with Crippen molar-refractivity contribution >= 4 is 22.7 Å². The predicted octanol–water partition coefficient (Wildman–Crippen LogP) is 5.71. The molecule has 0 atom stereocenters. The summed E-state index contributed by atoms with van der Waals surface area (Å²) >= 11 is 0. The van der Waals surface area contributed by atoms with Crippen LogP contribution in [-0.4, -0.2) is 22.8 Å². The zero-order valence-electron chi connectivity index (χ0n) is 15.2. The lowest BCUT2D eigenvalue weighted by Gasteiger charge is -1.98. The Bertz CT molecular complexity index is 984. The normalized spacial score (nSPS) is 15.2. The number of aliphatic imine (C=N–C) groups is 1. The summed E-state index contributed by atoms with van der Waals surface area (Å²) in [7, 11) is 1.70. The van der Waals surface area contributed by atoms with E-state index in [0.29, 0.717) is 0 Å². The number of nitrogens with one attached hydrogen (secondary N) is 2. The van der Waals surface area contributed by atoms with E-state index in [0.717, 1.165) is 46.2 Å².